The fourth-order valence-electron chi connectivity index (χ4n) is 2.05. The highest BCUT2D eigenvalue weighted by Gasteiger charge is 2.33. The van der Waals surface area contributed by atoms with Crippen molar-refractivity contribution in [1.82, 2.24) is 4.90 Å². The molecule has 0 saturated carbocycles. The zero-order chi connectivity index (χ0) is 9.84. The second kappa shape index (κ2) is 4.91. The lowest BCUT2D eigenvalue weighted by molar-refractivity contribution is -0.116. The lowest BCUT2D eigenvalue weighted by Gasteiger charge is -2.12. The first kappa shape index (κ1) is 10.9. The summed E-state index contributed by atoms with van der Waals surface area (Å²) in [6.45, 7) is 4.21. The molecule has 2 nitrogen and oxygen atoms in total. The molecule has 1 rings (SSSR count). The van der Waals surface area contributed by atoms with E-state index >= 15 is 0 Å². The third-order valence-electron chi connectivity index (χ3n) is 2.77. The summed E-state index contributed by atoms with van der Waals surface area (Å²) in [5.74, 6) is 1.19. The summed E-state index contributed by atoms with van der Waals surface area (Å²) in [4.78, 5) is 13.9. The molecule has 0 aromatic carbocycles. The number of ketones is 1. The molecule has 0 aliphatic carbocycles. The van der Waals surface area contributed by atoms with Crippen LogP contribution >= 0.6 is 11.4 Å². The fourth-order valence-corrected chi connectivity index (χ4v) is 2.49. The van der Waals surface area contributed by atoms with Crippen molar-refractivity contribution in [2.24, 2.45) is 11.8 Å². The molecule has 0 aromatic heterocycles. The Bertz CT molecular complexity index is 215. The Kier molecular flexibility index (Phi) is 4.13. The van der Waals surface area contributed by atoms with E-state index in [1.807, 2.05) is 11.6 Å². The smallest absolute Gasteiger partial charge is 0.165 e. The van der Waals surface area contributed by atoms with E-state index in [1.165, 1.54) is 0 Å². The van der Waals surface area contributed by atoms with Crippen molar-refractivity contribution < 1.29 is 4.79 Å². The largest absolute Gasteiger partial charge is 0.305 e. The van der Waals surface area contributed by atoms with Gasteiger partial charge in [0.1, 0.15) is 0 Å². The van der Waals surface area contributed by atoms with Crippen molar-refractivity contribution in [1.29, 1.82) is 0 Å². The number of carbonyl (C=O) groups is 1. The zero-order valence-corrected chi connectivity index (χ0v) is 9.55. The average molecular weight is 201 g/mol. The average Bonchev–Trinajstić information content (AvgIpc) is 2.47. The SMILES string of the molecule is CC[C@@H]1CN(C)CC1C(=O)/C=[SH]/C. The molecule has 1 aliphatic rings. The second-order valence-corrected chi connectivity index (χ2v) is 4.56. The van der Waals surface area contributed by atoms with Crippen molar-refractivity contribution in [3.8, 4) is 0 Å². The molecule has 1 aliphatic heterocycles. The minimum absolute atomic E-state index is 0.266. The number of rotatable bonds is 3. The van der Waals surface area contributed by atoms with Crippen LogP contribution in [0.4, 0.5) is 0 Å². The maximum absolute atomic E-state index is 11.7. The Morgan fingerprint density at radius 3 is 2.85 bits per heavy atom. The monoisotopic (exact) mass is 201 g/mol. The molecule has 1 fully saturated rings. The minimum Gasteiger partial charge on any atom is -0.305 e. The maximum atomic E-state index is 11.7. The molecule has 0 aromatic rings. The molecular weight excluding hydrogens is 182 g/mol. The van der Waals surface area contributed by atoms with Crippen LogP contribution in [-0.2, 0) is 4.79 Å². The third-order valence-corrected chi connectivity index (χ3v) is 3.28. The zero-order valence-electron chi connectivity index (χ0n) is 8.66. The van der Waals surface area contributed by atoms with Gasteiger partial charge >= 0.3 is 0 Å². The normalized spacial score (nSPS) is 30.7. The predicted octanol–water partition coefficient (Wildman–Crippen LogP) is 1.04. The molecule has 3 heteroatoms. The molecule has 0 N–H and O–H groups in total. The summed E-state index contributed by atoms with van der Waals surface area (Å²) >= 11 is 1.09. The van der Waals surface area contributed by atoms with E-state index in [2.05, 4.69) is 18.9 Å². The van der Waals surface area contributed by atoms with E-state index in [0.29, 0.717) is 11.7 Å². The van der Waals surface area contributed by atoms with Crippen molar-refractivity contribution >= 4 is 22.5 Å². The fraction of sp³-hybridized carbons (Fsp3) is 0.800. The van der Waals surface area contributed by atoms with Gasteiger partial charge in [0, 0.05) is 24.4 Å². The number of thiol groups is 1. The molecular formula is C10H19NOS. The molecule has 0 amide bonds. The molecule has 2 atom stereocenters. The summed E-state index contributed by atoms with van der Waals surface area (Å²) in [7, 11) is 2.10. The van der Waals surface area contributed by atoms with Crippen molar-refractivity contribution in [2.75, 3.05) is 26.4 Å². The van der Waals surface area contributed by atoms with Gasteiger partial charge in [-0.15, -0.1) is 0 Å². The minimum atomic E-state index is 0.266. The van der Waals surface area contributed by atoms with Gasteiger partial charge in [0.15, 0.2) is 5.78 Å². The Hall–Kier alpha value is -0.150. The highest BCUT2D eigenvalue weighted by Crippen LogP contribution is 2.25. The van der Waals surface area contributed by atoms with Crippen LogP contribution in [0.5, 0.6) is 0 Å². The van der Waals surface area contributed by atoms with Crippen molar-refractivity contribution in [2.45, 2.75) is 13.3 Å². The summed E-state index contributed by atoms with van der Waals surface area (Å²) in [6, 6.07) is 0. The van der Waals surface area contributed by atoms with Crippen LogP contribution in [0.15, 0.2) is 0 Å². The Morgan fingerprint density at radius 2 is 2.31 bits per heavy atom. The van der Waals surface area contributed by atoms with Crippen LogP contribution < -0.4 is 0 Å². The highest BCUT2D eigenvalue weighted by molar-refractivity contribution is 7.98. The number of likely N-dealkylation sites (tertiary alicyclic amines) is 1. The van der Waals surface area contributed by atoms with Gasteiger partial charge in [0.25, 0.3) is 0 Å². The number of carbonyl (C=O) groups excluding carboxylic acids is 1. The van der Waals surface area contributed by atoms with E-state index < -0.39 is 0 Å². The van der Waals surface area contributed by atoms with Crippen LogP contribution in [0.1, 0.15) is 13.3 Å². The summed E-state index contributed by atoms with van der Waals surface area (Å²) in [5, 5.41) is 1.81. The van der Waals surface area contributed by atoms with Gasteiger partial charge in [-0.1, -0.05) is 13.3 Å². The first-order valence-corrected chi connectivity index (χ1v) is 6.24. The van der Waals surface area contributed by atoms with Gasteiger partial charge in [-0.3, -0.25) is 4.79 Å². The summed E-state index contributed by atoms with van der Waals surface area (Å²) in [6.07, 6.45) is 3.12. The lowest BCUT2D eigenvalue weighted by Crippen LogP contribution is -2.23. The highest BCUT2D eigenvalue weighted by atomic mass is 32.1. The van der Waals surface area contributed by atoms with Gasteiger partial charge in [-0.2, -0.15) is 0 Å². The molecule has 1 heterocycles. The summed E-state index contributed by atoms with van der Waals surface area (Å²) < 4.78 is 0. The Balaban J connectivity index is 2.62. The van der Waals surface area contributed by atoms with Crippen LogP contribution in [0.3, 0.4) is 0 Å². The molecule has 0 radical (unpaired) electrons. The van der Waals surface area contributed by atoms with Gasteiger partial charge in [0.2, 0.25) is 0 Å². The van der Waals surface area contributed by atoms with Crippen LogP contribution in [0.2, 0.25) is 0 Å². The Labute approximate surface area is 84.3 Å². The van der Waals surface area contributed by atoms with Crippen LogP contribution in [0.25, 0.3) is 0 Å². The molecule has 0 bridgehead atoms. The predicted molar refractivity (Wildman–Crippen MR) is 60.7 cm³/mol. The molecule has 0 spiro atoms. The number of Topliss-reactive ketones (excluding diaryl/α,β-unsaturated/α-hetero) is 1. The van der Waals surface area contributed by atoms with Crippen molar-refractivity contribution in [3.05, 3.63) is 0 Å². The second-order valence-electron chi connectivity index (χ2n) is 3.79. The lowest BCUT2D eigenvalue weighted by atomic mass is 9.91. The van der Waals surface area contributed by atoms with E-state index in [-0.39, 0.29) is 5.92 Å². The Morgan fingerprint density at radius 1 is 1.62 bits per heavy atom. The van der Waals surface area contributed by atoms with Gasteiger partial charge in [-0.25, -0.2) is 11.4 Å². The molecule has 1 unspecified atom stereocenters. The van der Waals surface area contributed by atoms with Crippen LogP contribution in [-0.4, -0.2) is 42.4 Å². The summed E-state index contributed by atoms with van der Waals surface area (Å²) in [5.41, 5.74) is 0. The van der Waals surface area contributed by atoms with E-state index in [9.17, 15) is 4.79 Å². The van der Waals surface area contributed by atoms with Gasteiger partial charge < -0.3 is 4.90 Å². The maximum Gasteiger partial charge on any atom is 0.165 e. The third kappa shape index (κ3) is 2.64. The van der Waals surface area contributed by atoms with Gasteiger partial charge in [0.05, 0.1) is 0 Å². The van der Waals surface area contributed by atoms with E-state index in [0.717, 1.165) is 30.9 Å². The standard InChI is InChI=1S/C10H19NOS/c1-4-8-5-11(2)6-9(8)10(12)7-13-3/h7-9,13H,4-6H2,1-3H3/t8-,9?/m1/s1. The molecule has 13 heavy (non-hydrogen) atoms. The first-order chi connectivity index (χ1) is 6.19. The first-order valence-electron chi connectivity index (χ1n) is 4.83. The van der Waals surface area contributed by atoms with Gasteiger partial charge in [-0.05, 0) is 19.2 Å². The van der Waals surface area contributed by atoms with Crippen molar-refractivity contribution in [3.63, 3.8) is 0 Å². The van der Waals surface area contributed by atoms with E-state index in [1.54, 1.807) is 0 Å². The van der Waals surface area contributed by atoms with E-state index in [4.69, 9.17) is 0 Å². The topological polar surface area (TPSA) is 20.3 Å². The van der Waals surface area contributed by atoms with Crippen LogP contribution in [0, 0.1) is 11.8 Å². The molecule has 76 valence electrons. The number of hydrogen-bond acceptors (Lipinski definition) is 2. The quantitative estimate of drug-likeness (QED) is 0.544. The number of nitrogens with zero attached hydrogens (tertiary/aromatic N) is 1. The molecule has 1 saturated heterocycles. The number of hydrogen-bond donors (Lipinski definition) is 1.